The number of alkyl halides is 1. The number of carbonyl (C=O) groups is 1. The first-order valence-corrected chi connectivity index (χ1v) is 5.70. The van der Waals surface area contributed by atoms with Crippen LogP contribution in [0.4, 0.5) is 10.1 Å². The zero-order valence-electron chi connectivity index (χ0n) is 9.61. The molecule has 0 saturated heterocycles. The Bertz CT molecular complexity index is 478. The highest BCUT2D eigenvalue weighted by molar-refractivity contribution is 6.17. The molecule has 0 unspecified atom stereocenters. The van der Waals surface area contributed by atoms with E-state index in [1.165, 1.54) is 0 Å². The van der Waals surface area contributed by atoms with Crippen molar-refractivity contribution in [1.82, 2.24) is 0 Å². The van der Waals surface area contributed by atoms with Crippen LogP contribution in [0.15, 0.2) is 12.1 Å². The number of esters is 1. The second kappa shape index (κ2) is 6.30. The summed E-state index contributed by atoms with van der Waals surface area (Å²) in [6.45, 7) is 1.82. The Morgan fingerprint density at radius 3 is 2.72 bits per heavy atom. The molecule has 0 radical (unpaired) electrons. The number of nitrogens with zero attached hydrogens (tertiary/aromatic N) is 1. The molecule has 0 fully saturated rings. The monoisotopic (exact) mass is 275 g/mol. The lowest BCUT2D eigenvalue weighted by atomic mass is 10.0. The summed E-state index contributed by atoms with van der Waals surface area (Å²) in [6.07, 6.45) is -0.242. The Morgan fingerprint density at radius 1 is 1.56 bits per heavy atom. The molecule has 0 N–H and O–H groups in total. The molecule has 98 valence electrons. The lowest BCUT2D eigenvalue weighted by Gasteiger charge is -2.08. The molecule has 0 amide bonds. The number of hydrogen-bond acceptors (Lipinski definition) is 4. The summed E-state index contributed by atoms with van der Waals surface area (Å²) in [5, 5.41) is 10.6. The van der Waals surface area contributed by atoms with Crippen molar-refractivity contribution in [3.63, 3.8) is 0 Å². The summed E-state index contributed by atoms with van der Waals surface area (Å²) in [5.74, 6) is -1.54. The Balaban J connectivity index is 3.14. The number of carbonyl (C=O) groups excluding carboxylic acids is 1. The Labute approximate surface area is 108 Å². The second-order valence-electron chi connectivity index (χ2n) is 3.44. The van der Waals surface area contributed by atoms with E-state index in [0.29, 0.717) is 0 Å². The molecule has 0 aromatic heterocycles. The number of rotatable bonds is 5. The average molecular weight is 276 g/mol. The standard InChI is InChI=1S/C11H11ClFNO4/c1-2-18-11(15)4-7-3-8(14(16)17)5-10(13)9(7)6-12/h3,5H,2,4,6H2,1H3. The first-order valence-electron chi connectivity index (χ1n) is 5.16. The molecule has 0 heterocycles. The van der Waals surface area contributed by atoms with E-state index in [1.54, 1.807) is 6.92 Å². The van der Waals surface area contributed by atoms with Crippen LogP contribution < -0.4 is 0 Å². The molecule has 0 spiro atoms. The quantitative estimate of drug-likeness (QED) is 0.358. The molecular weight excluding hydrogens is 265 g/mol. The molecule has 1 rings (SSSR count). The van der Waals surface area contributed by atoms with Crippen LogP contribution in [0, 0.1) is 15.9 Å². The summed E-state index contributed by atoms with van der Waals surface area (Å²) >= 11 is 5.57. The van der Waals surface area contributed by atoms with E-state index in [9.17, 15) is 19.3 Å². The summed E-state index contributed by atoms with van der Waals surface area (Å²) in [6, 6.07) is 1.92. The van der Waals surface area contributed by atoms with Crippen molar-refractivity contribution in [2.75, 3.05) is 6.61 Å². The van der Waals surface area contributed by atoms with Crippen molar-refractivity contribution in [3.8, 4) is 0 Å². The van der Waals surface area contributed by atoms with Crippen LogP contribution in [0.1, 0.15) is 18.1 Å². The smallest absolute Gasteiger partial charge is 0.310 e. The van der Waals surface area contributed by atoms with Crippen molar-refractivity contribution in [3.05, 3.63) is 39.2 Å². The minimum absolute atomic E-state index is 0.0790. The lowest BCUT2D eigenvalue weighted by molar-refractivity contribution is -0.385. The van der Waals surface area contributed by atoms with Crippen LogP contribution in [0.5, 0.6) is 0 Å². The third-order valence-electron chi connectivity index (χ3n) is 2.26. The topological polar surface area (TPSA) is 69.4 Å². The molecule has 0 bridgehead atoms. The van der Waals surface area contributed by atoms with Crippen LogP contribution in [0.25, 0.3) is 0 Å². The number of benzene rings is 1. The van der Waals surface area contributed by atoms with Crippen LogP contribution in [0.2, 0.25) is 0 Å². The van der Waals surface area contributed by atoms with E-state index < -0.39 is 22.4 Å². The first-order chi connectivity index (χ1) is 8.49. The van der Waals surface area contributed by atoms with Gasteiger partial charge < -0.3 is 4.74 Å². The fourth-order valence-corrected chi connectivity index (χ4v) is 1.76. The van der Waals surface area contributed by atoms with Gasteiger partial charge in [-0.2, -0.15) is 0 Å². The van der Waals surface area contributed by atoms with Gasteiger partial charge in [-0.05, 0) is 12.5 Å². The van der Waals surface area contributed by atoms with E-state index >= 15 is 0 Å². The SMILES string of the molecule is CCOC(=O)Cc1cc([N+](=O)[O-])cc(F)c1CCl. The largest absolute Gasteiger partial charge is 0.466 e. The molecule has 0 aliphatic carbocycles. The number of halogens is 2. The molecule has 5 nitrogen and oxygen atoms in total. The molecule has 0 aliphatic heterocycles. The van der Waals surface area contributed by atoms with E-state index in [2.05, 4.69) is 0 Å². The molecule has 1 aromatic rings. The normalized spacial score (nSPS) is 10.2. The van der Waals surface area contributed by atoms with Gasteiger partial charge in [-0.25, -0.2) is 4.39 Å². The molecule has 18 heavy (non-hydrogen) atoms. The van der Waals surface area contributed by atoms with Gasteiger partial charge in [-0.15, -0.1) is 11.6 Å². The van der Waals surface area contributed by atoms with Crippen molar-refractivity contribution in [1.29, 1.82) is 0 Å². The van der Waals surface area contributed by atoms with E-state index in [0.717, 1.165) is 12.1 Å². The maximum absolute atomic E-state index is 13.6. The number of nitro groups is 1. The van der Waals surface area contributed by atoms with Gasteiger partial charge >= 0.3 is 5.97 Å². The molecular formula is C11H11ClFNO4. The van der Waals surface area contributed by atoms with Crippen molar-refractivity contribution in [2.24, 2.45) is 0 Å². The third-order valence-corrected chi connectivity index (χ3v) is 2.52. The number of ether oxygens (including phenoxy) is 1. The Morgan fingerprint density at radius 2 is 2.22 bits per heavy atom. The highest BCUT2D eigenvalue weighted by atomic mass is 35.5. The Hall–Kier alpha value is -1.69. The minimum Gasteiger partial charge on any atom is -0.466 e. The number of hydrogen-bond donors (Lipinski definition) is 0. The maximum atomic E-state index is 13.6. The molecule has 0 saturated carbocycles. The first kappa shape index (κ1) is 14.4. The Kier molecular flexibility index (Phi) is 5.03. The molecule has 0 atom stereocenters. The van der Waals surface area contributed by atoms with E-state index in [1.807, 2.05) is 0 Å². The number of nitro benzene ring substituents is 1. The minimum atomic E-state index is -0.793. The predicted octanol–water partition coefficient (Wildman–Crippen LogP) is 2.58. The van der Waals surface area contributed by atoms with Gasteiger partial charge in [0.2, 0.25) is 0 Å². The fourth-order valence-electron chi connectivity index (χ4n) is 1.46. The molecule has 1 aromatic carbocycles. The van der Waals surface area contributed by atoms with Crippen LogP contribution in [-0.2, 0) is 21.8 Å². The predicted molar refractivity (Wildman–Crippen MR) is 62.9 cm³/mol. The van der Waals surface area contributed by atoms with Gasteiger partial charge in [0.1, 0.15) is 5.82 Å². The van der Waals surface area contributed by atoms with Gasteiger partial charge in [0.25, 0.3) is 5.69 Å². The van der Waals surface area contributed by atoms with Gasteiger partial charge in [-0.1, -0.05) is 0 Å². The van der Waals surface area contributed by atoms with Gasteiger partial charge in [-0.3, -0.25) is 14.9 Å². The van der Waals surface area contributed by atoms with Crippen molar-refractivity contribution < 1.29 is 18.8 Å². The van der Waals surface area contributed by atoms with E-state index in [4.69, 9.17) is 16.3 Å². The van der Waals surface area contributed by atoms with Gasteiger partial charge in [0.15, 0.2) is 0 Å². The number of non-ortho nitro benzene ring substituents is 1. The maximum Gasteiger partial charge on any atom is 0.310 e. The summed E-state index contributed by atoms with van der Waals surface area (Å²) in [5.41, 5.74) is -0.161. The highest BCUT2D eigenvalue weighted by Crippen LogP contribution is 2.24. The van der Waals surface area contributed by atoms with Crippen LogP contribution in [-0.4, -0.2) is 17.5 Å². The zero-order chi connectivity index (χ0) is 13.7. The fraction of sp³-hybridized carbons (Fsp3) is 0.364. The summed E-state index contributed by atoms with van der Waals surface area (Å²) in [4.78, 5) is 21.2. The molecule has 7 heteroatoms. The summed E-state index contributed by atoms with van der Waals surface area (Å²) in [7, 11) is 0. The zero-order valence-corrected chi connectivity index (χ0v) is 10.4. The van der Waals surface area contributed by atoms with Crippen LogP contribution in [0.3, 0.4) is 0 Å². The summed E-state index contributed by atoms with van der Waals surface area (Å²) < 4.78 is 18.3. The second-order valence-corrected chi connectivity index (χ2v) is 3.71. The molecule has 0 aliphatic rings. The highest BCUT2D eigenvalue weighted by Gasteiger charge is 2.18. The van der Waals surface area contributed by atoms with E-state index in [-0.39, 0.29) is 30.0 Å². The van der Waals surface area contributed by atoms with Gasteiger partial charge in [0.05, 0.1) is 29.9 Å². The lowest BCUT2D eigenvalue weighted by Crippen LogP contribution is -2.10. The average Bonchev–Trinajstić information content (AvgIpc) is 2.28. The van der Waals surface area contributed by atoms with Crippen molar-refractivity contribution in [2.45, 2.75) is 19.2 Å². The van der Waals surface area contributed by atoms with Crippen LogP contribution >= 0.6 is 11.6 Å². The van der Waals surface area contributed by atoms with Crippen molar-refractivity contribution >= 4 is 23.3 Å². The third kappa shape index (κ3) is 3.40. The van der Waals surface area contributed by atoms with Gasteiger partial charge in [0, 0.05) is 11.6 Å².